The highest BCUT2D eigenvalue weighted by Gasteiger charge is 2.29. The average molecular weight is 369 g/mol. The molecule has 1 aliphatic rings. The van der Waals surface area contributed by atoms with Crippen molar-refractivity contribution < 1.29 is 9.53 Å². The first-order chi connectivity index (χ1) is 12.5. The van der Waals surface area contributed by atoms with E-state index >= 15 is 0 Å². The minimum absolute atomic E-state index is 0.0526. The van der Waals surface area contributed by atoms with Crippen LogP contribution in [-0.4, -0.2) is 45.5 Å². The van der Waals surface area contributed by atoms with Gasteiger partial charge in [-0.3, -0.25) is 14.0 Å². The zero-order valence-corrected chi connectivity index (χ0v) is 15.4. The van der Waals surface area contributed by atoms with Gasteiger partial charge in [0.2, 0.25) is 0 Å². The summed E-state index contributed by atoms with van der Waals surface area (Å²) in [4.78, 5) is 32.6. The van der Waals surface area contributed by atoms with Crippen LogP contribution in [0.2, 0.25) is 0 Å². The molecule has 0 bridgehead atoms. The number of rotatable bonds is 2. The maximum absolute atomic E-state index is 13.1. The van der Waals surface area contributed by atoms with Crippen LogP contribution in [-0.2, 0) is 4.74 Å². The van der Waals surface area contributed by atoms with E-state index in [1.54, 1.807) is 4.90 Å². The molecule has 7 heteroatoms. The summed E-state index contributed by atoms with van der Waals surface area (Å²) < 4.78 is 7.20. The Morgan fingerprint density at radius 1 is 1.19 bits per heavy atom. The Hall–Kier alpha value is -2.51. The summed E-state index contributed by atoms with van der Waals surface area (Å²) >= 11 is 1.39. The molecule has 0 spiro atoms. The second-order valence-electron chi connectivity index (χ2n) is 6.55. The molecule has 1 fully saturated rings. The van der Waals surface area contributed by atoms with Crippen LogP contribution in [0.4, 0.5) is 0 Å². The van der Waals surface area contributed by atoms with Gasteiger partial charge in [-0.05, 0) is 19.4 Å². The fraction of sp³-hybridized carbons (Fsp3) is 0.316. The van der Waals surface area contributed by atoms with E-state index in [0.717, 1.165) is 11.3 Å². The van der Waals surface area contributed by atoms with Gasteiger partial charge in [0, 0.05) is 24.7 Å². The number of benzene rings is 1. The maximum Gasteiger partial charge on any atom is 0.271 e. The first kappa shape index (κ1) is 16.9. The number of hydrogen-bond donors (Lipinski definition) is 0. The van der Waals surface area contributed by atoms with Crippen molar-refractivity contribution in [1.29, 1.82) is 0 Å². The number of thiazole rings is 1. The predicted molar refractivity (Wildman–Crippen MR) is 101 cm³/mol. The third kappa shape index (κ3) is 2.93. The van der Waals surface area contributed by atoms with E-state index in [9.17, 15) is 9.59 Å². The largest absolute Gasteiger partial charge is 0.372 e. The molecular weight excluding hydrogens is 350 g/mol. The zero-order valence-electron chi connectivity index (χ0n) is 14.6. The first-order valence-electron chi connectivity index (χ1n) is 8.54. The molecule has 0 aliphatic carbocycles. The van der Waals surface area contributed by atoms with Crippen LogP contribution < -0.4 is 5.56 Å². The minimum atomic E-state index is -0.327. The van der Waals surface area contributed by atoms with Crippen molar-refractivity contribution in [1.82, 2.24) is 14.3 Å². The molecule has 1 saturated heterocycles. The average Bonchev–Trinajstić information content (AvgIpc) is 3.06. The number of ether oxygens (including phenoxy) is 1. The smallest absolute Gasteiger partial charge is 0.271 e. The number of hydrogen-bond acceptors (Lipinski definition) is 5. The molecule has 0 radical (unpaired) electrons. The molecular formula is C19H19N3O3S. The number of carbonyl (C=O) groups is 1. The molecule has 4 rings (SSSR count). The van der Waals surface area contributed by atoms with Crippen molar-refractivity contribution in [2.75, 3.05) is 13.1 Å². The van der Waals surface area contributed by atoms with Crippen molar-refractivity contribution in [2.24, 2.45) is 0 Å². The lowest BCUT2D eigenvalue weighted by molar-refractivity contribution is -0.0586. The third-order valence-corrected chi connectivity index (χ3v) is 5.29. The zero-order chi connectivity index (χ0) is 18.3. The third-order valence-electron chi connectivity index (χ3n) is 4.45. The van der Waals surface area contributed by atoms with Gasteiger partial charge in [0.15, 0.2) is 4.96 Å². The quantitative estimate of drug-likeness (QED) is 0.697. The number of amides is 1. The van der Waals surface area contributed by atoms with Gasteiger partial charge in [-0.1, -0.05) is 30.3 Å². The van der Waals surface area contributed by atoms with Crippen molar-refractivity contribution in [3.8, 4) is 11.3 Å². The highest BCUT2D eigenvalue weighted by Crippen LogP contribution is 2.24. The second kappa shape index (κ2) is 6.66. The van der Waals surface area contributed by atoms with E-state index in [2.05, 4.69) is 4.98 Å². The summed E-state index contributed by atoms with van der Waals surface area (Å²) in [5, 5.41) is 1.90. The monoisotopic (exact) mass is 369 g/mol. The Balaban J connectivity index is 1.78. The van der Waals surface area contributed by atoms with E-state index in [0.29, 0.717) is 18.1 Å². The van der Waals surface area contributed by atoms with E-state index in [-0.39, 0.29) is 29.2 Å². The van der Waals surface area contributed by atoms with Crippen LogP contribution in [0, 0.1) is 0 Å². The van der Waals surface area contributed by atoms with Gasteiger partial charge in [0.05, 0.1) is 17.9 Å². The number of carbonyl (C=O) groups excluding carboxylic acids is 1. The molecule has 26 heavy (non-hydrogen) atoms. The van der Waals surface area contributed by atoms with E-state index in [1.165, 1.54) is 21.9 Å². The van der Waals surface area contributed by atoms with Crippen molar-refractivity contribution >= 4 is 22.2 Å². The normalized spacial score (nSPS) is 20.5. The second-order valence-corrected chi connectivity index (χ2v) is 7.39. The van der Waals surface area contributed by atoms with Crippen LogP contribution >= 0.6 is 11.3 Å². The molecule has 134 valence electrons. The Kier molecular flexibility index (Phi) is 4.34. The van der Waals surface area contributed by atoms with Crippen LogP contribution in [0.25, 0.3) is 16.2 Å². The molecule has 1 aromatic carbocycles. The fourth-order valence-electron chi connectivity index (χ4n) is 3.36. The van der Waals surface area contributed by atoms with E-state index in [1.807, 2.05) is 49.6 Å². The lowest BCUT2D eigenvalue weighted by Gasteiger charge is -2.35. The van der Waals surface area contributed by atoms with Gasteiger partial charge in [-0.2, -0.15) is 0 Å². The number of morpholine rings is 1. The highest BCUT2D eigenvalue weighted by atomic mass is 32.1. The fourth-order valence-corrected chi connectivity index (χ4v) is 4.22. The highest BCUT2D eigenvalue weighted by molar-refractivity contribution is 7.15. The number of nitrogens with zero attached hydrogens (tertiary/aromatic N) is 3. The lowest BCUT2D eigenvalue weighted by atomic mass is 10.1. The van der Waals surface area contributed by atoms with Gasteiger partial charge in [-0.25, -0.2) is 4.98 Å². The summed E-state index contributed by atoms with van der Waals surface area (Å²) in [6.45, 7) is 4.80. The number of fused-ring (bicyclic) bond motifs is 1. The molecule has 1 aliphatic heterocycles. The van der Waals surface area contributed by atoms with E-state index in [4.69, 9.17) is 4.74 Å². The molecule has 1 amide bonds. The summed E-state index contributed by atoms with van der Waals surface area (Å²) in [7, 11) is 0. The first-order valence-corrected chi connectivity index (χ1v) is 9.42. The molecule has 3 aromatic rings. The Bertz CT molecular complexity index is 1000. The van der Waals surface area contributed by atoms with Crippen LogP contribution in [0.5, 0.6) is 0 Å². The van der Waals surface area contributed by atoms with Crippen molar-refractivity contribution in [2.45, 2.75) is 26.1 Å². The van der Waals surface area contributed by atoms with Crippen LogP contribution in [0.3, 0.4) is 0 Å². The lowest BCUT2D eigenvalue weighted by Crippen LogP contribution is -2.49. The Morgan fingerprint density at radius 3 is 2.58 bits per heavy atom. The standard InChI is InChI=1S/C19H19N3O3S/c1-12-9-21(10-13(2)25-12)17(23)15-8-20-19-22(18(15)24)16(11-26-19)14-6-4-3-5-7-14/h3-8,11-13H,9-10H2,1-2H3. The van der Waals surface area contributed by atoms with Gasteiger partial charge < -0.3 is 9.64 Å². The van der Waals surface area contributed by atoms with Gasteiger partial charge in [0.25, 0.3) is 11.5 Å². The molecule has 2 aromatic heterocycles. The summed E-state index contributed by atoms with van der Waals surface area (Å²) in [5.74, 6) is -0.288. The SMILES string of the molecule is CC1CN(C(=O)c2cnc3scc(-c4ccccc4)n3c2=O)CC(C)O1. The minimum Gasteiger partial charge on any atom is -0.372 e. The number of aromatic nitrogens is 2. The van der Waals surface area contributed by atoms with Gasteiger partial charge in [-0.15, -0.1) is 11.3 Å². The Labute approximate surface area is 154 Å². The van der Waals surface area contributed by atoms with Crippen molar-refractivity contribution in [3.05, 3.63) is 57.8 Å². The van der Waals surface area contributed by atoms with Crippen LogP contribution in [0.15, 0.2) is 46.7 Å². The van der Waals surface area contributed by atoms with Crippen LogP contribution in [0.1, 0.15) is 24.2 Å². The molecule has 0 N–H and O–H groups in total. The molecule has 0 saturated carbocycles. The van der Waals surface area contributed by atoms with E-state index < -0.39 is 0 Å². The molecule has 2 unspecified atom stereocenters. The maximum atomic E-state index is 13.1. The Morgan fingerprint density at radius 2 is 1.88 bits per heavy atom. The molecule has 3 heterocycles. The topological polar surface area (TPSA) is 63.9 Å². The summed E-state index contributed by atoms with van der Waals surface area (Å²) in [5.41, 5.74) is 1.44. The summed E-state index contributed by atoms with van der Waals surface area (Å²) in [6.07, 6.45) is 1.29. The van der Waals surface area contributed by atoms with Crippen molar-refractivity contribution in [3.63, 3.8) is 0 Å². The molecule has 6 nitrogen and oxygen atoms in total. The van der Waals surface area contributed by atoms with Gasteiger partial charge in [0.1, 0.15) is 5.56 Å². The summed E-state index contributed by atoms with van der Waals surface area (Å²) in [6, 6.07) is 9.64. The predicted octanol–water partition coefficient (Wildman–Crippen LogP) is 2.67. The molecule has 2 atom stereocenters. The van der Waals surface area contributed by atoms with Gasteiger partial charge >= 0.3 is 0 Å².